The Morgan fingerprint density at radius 2 is 2.12 bits per heavy atom. The molecule has 7 heteroatoms. The van der Waals surface area contributed by atoms with Gasteiger partial charge in [-0.25, -0.2) is 9.78 Å². The Balaban J connectivity index is 2.13. The smallest absolute Gasteiger partial charge is 0.342 e. The summed E-state index contributed by atoms with van der Waals surface area (Å²) >= 11 is 0. The number of carbonyl (C=O) groups excluding carboxylic acids is 1. The molecule has 0 bridgehead atoms. The summed E-state index contributed by atoms with van der Waals surface area (Å²) in [5, 5.41) is 0.561. The minimum Gasteiger partial charge on any atom is -0.467 e. The van der Waals surface area contributed by atoms with Crippen molar-refractivity contribution in [1.82, 2.24) is 9.97 Å². The molecular formula is C17H19N3O4. The minimum absolute atomic E-state index is 0.287. The summed E-state index contributed by atoms with van der Waals surface area (Å²) in [6, 6.07) is 3.71. The molecule has 24 heavy (non-hydrogen) atoms. The summed E-state index contributed by atoms with van der Waals surface area (Å²) in [6.07, 6.45) is 1.62. The van der Waals surface area contributed by atoms with Crippen molar-refractivity contribution in [3.8, 4) is 0 Å². The molecule has 0 radical (unpaired) electrons. The lowest BCUT2D eigenvalue weighted by Crippen LogP contribution is -2.19. The molecule has 0 unspecified atom stereocenters. The van der Waals surface area contributed by atoms with Crippen LogP contribution >= 0.6 is 0 Å². The average Bonchev–Trinajstić information content (AvgIpc) is 3.13. The molecule has 0 saturated carbocycles. The maximum Gasteiger partial charge on any atom is 0.342 e. The van der Waals surface area contributed by atoms with Gasteiger partial charge in [0, 0.05) is 7.05 Å². The molecule has 3 rings (SSSR count). The number of hydrogen-bond donors (Lipinski definition) is 0. The van der Waals surface area contributed by atoms with Crippen molar-refractivity contribution in [2.45, 2.75) is 27.3 Å². The van der Waals surface area contributed by atoms with E-state index in [4.69, 9.17) is 13.6 Å². The standard InChI is InChI=1S/C17H19N3O4/c1-5-22-17(21)13-10(2)24-16-14(13)15(18-11(3)19-16)20(4)9-12-7-6-8-23-12/h6-8H,5,9H2,1-4H3. The first kappa shape index (κ1) is 16.0. The molecule has 7 nitrogen and oxygen atoms in total. The summed E-state index contributed by atoms with van der Waals surface area (Å²) in [5.41, 5.74) is 0.748. The van der Waals surface area contributed by atoms with Crippen LogP contribution in [0.3, 0.4) is 0 Å². The third kappa shape index (κ3) is 2.84. The Morgan fingerprint density at radius 1 is 1.33 bits per heavy atom. The van der Waals surface area contributed by atoms with Crippen molar-refractivity contribution in [1.29, 1.82) is 0 Å². The molecule has 0 amide bonds. The summed E-state index contributed by atoms with van der Waals surface area (Å²) < 4.78 is 16.2. The van der Waals surface area contributed by atoms with Gasteiger partial charge in [-0.3, -0.25) is 0 Å². The number of nitrogens with zero attached hydrogens (tertiary/aromatic N) is 3. The first-order chi connectivity index (χ1) is 11.5. The summed E-state index contributed by atoms with van der Waals surface area (Å²) in [6.45, 7) is 6.06. The Bertz CT molecular complexity index is 868. The zero-order valence-corrected chi connectivity index (χ0v) is 14.1. The largest absolute Gasteiger partial charge is 0.467 e. The van der Waals surface area contributed by atoms with E-state index >= 15 is 0 Å². The van der Waals surface area contributed by atoms with E-state index < -0.39 is 5.97 Å². The van der Waals surface area contributed by atoms with Crippen molar-refractivity contribution in [3.05, 3.63) is 41.3 Å². The average molecular weight is 329 g/mol. The predicted octanol–water partition coefficient (Wildman–Crippen LogP) is 3.25. The van der Waals surface area contributed by atoms with Crippen LogP contribution in [0.25, 0.3) is 11.1 Å². The molecule has 0 spiro atoms. The molecule has 0 aliphatic heterocycles. The van der Waals surface area contributed by atoms with Crippen LogP contribution in [0.2, 0.25) is 0 Å². The highest BCUT2D eigenvalue weighted by atomic mass is 16.5. The van der Waals surface area contributed by atoms with Gasteiger partial charge >= 0.3 is 5.97 Å². The molecule has 0 atom stereocenters. The Hall–Kier alpha value is -2.83. The second-order valence-corrected chi connectivity index (χ2v) is 5.46. The van der Waals surface area contributed by atoms with E-state index in [1.807, 2.05) is 24.1 Å². The van der Waals surface area contributed by atoms with Gasteiger partial charge in [-0.1, -0.05) is 0 Å². The topological polar surface area (TPSA) is 81.6 Å². The fourth-order valence-electron chi connectivity index (χ4n) is 2.63. The quantitative estimate of drug-likeness (QED) is 0.664. The molecular weight excluding hydrogens is 310 g/mol. The SMILES string of the molecule is CCOC(=O)c1c(C)oc2nc(C)nc(N(C)Cc3ccco3)c12. The van der Waals surface area contributed by atoms with Crippen LogP contribution in [0.4, 0.5) is 5.82 Å². The molecule has 0 N–H and O–H groups in total. The van der Waals surface area contributed by atoms with Crippen LogP contribution < -0.4 is 4.90 Å². The normalized spacial score (nSPS) is 11.0. The van der Waals surface area contributed by atoms with Gasteiger partial charge in [0.1, 0.15) is 28.7 Å². The second kappa shape index (κ2) is 6.35. The van der Waals surface area contributed by atoms with Gasteiger partial charge in [0.05, 0.1) is 24.8 Å². The van der Waals surface area contributed by atoms with E-state index in [9.17, 15) is 4.79 Å². The highest BCUT2D eigenvalue weighted by molar-refractivity contribution is 6.07. The van der Waals surface area contributed by atoms with Gasteiger partial charge in [-0.15, -0.1) is 0 Å². The summed E-state index contributed by atoms with van der Waals surface area (Å²) in [7, 11) is 1.88. The van der Waals surface area contributed by atoms with Crippen molar-refractivity contribution in [3.63, 3.8) is 0 Å². The van der Waals surface area contributed by atoms with Gasteiger partial charge < -0.3 is 18.5 Å². The van der Waals surface area contributed by atoms with Crippen molar-refractivity contribution in [2.75, 3.05) is 18.6 Å². The maximum absolute atomic E-state index is 12.3. The lowest BCUT2D eigenvalue weighted by atomic mass is 10.1. The fourth-order valence-corrected chi connectivity index (χ4v) is 2.63. The number of ether oxygens (including phenoxy) is 1. The second-order valence-electron chi connectivity index (χ2n) is 5.46. The number of anilines is 1. The highest BCUT2D eigenvalue weighted by Crippen LogP contribution is 2.32. The molecule has 3 aromatic heterocycles. The zero-order chi connectivity index (χ0) is 17.3. The van der Waals surface area contributed by atoms with Crippen LogP contribution in [0.1, 0.15) is 34.6 Å². The number of hydrogen-bond acceptors (Lipinski definition) is 7. The molecule has 0 aliphatic rings. The van der Waals surface area contributed by atoms with Gasteiger partial charge in [0.2, 0.25) is 5.71 Å². The molecule has 126 valence electrons. The molecule has 0 saturated heterocycles. The van der Waals surface area contributed by atoms with Gasteiger partial charge in [0.15, 0.2) is 0 Å². The van der Waals surface area contributed by atoms with E-state index in [1.165, 1.54) is 0 Å². The molecule has 0 aromatic carbocycles. The number of esters is 1. The number of fused-ring (bicyclic) bond motifs is 1. The van der Waals surface area contributed by atoms with E-state index in [1.54, 1.807) is 27.0 Å². The third-order valence-corrected chi connectivity index (χ3v) is 3.63. The highest BCUT2D eigenvalue weighted by Gasteiger charge is 2.26. The van der Waals surface area contributed by atoms with E-state index in [0.717, 1.165) is 5.76 Å². The van der Waals surface area contributed by atoms with Crippen LogP contribution in [0.15, 0.2) is 27.2 Å². The minimum atomic E-state index is -0.436. The monoisotopic (exact) mass is 329 g/mol. The summed E-state index contributed by atoms with van der Waals surface area (Å²) in [5.74, 6) is 1.99. The maximum atomic E-state index is 12.3. The van der Waals surface area contributed by atoms with Crippen molar-refractivity contribution < 1.29 is 18.4 Å². The number of furan rings is 2. The fraction of sp³-hybridized carbons (Fsp3) is 0.353. The van der Waals surface area contributed by atoms with E-state index in [2.05, 4.69) is 9.97 Å². The van der Waals surface area contributed by atoms with Crippen LogP contribution in [0, 0.1) is 13.8 Å². The Labute approximate surface area is 139 Å². The van der Waals surface area contributed by atoms with Gasteiger partial charge in [0.25, 0.3) is 0 Å². The lowest BCUT2D eigenvalue weighted by molar-refractivity contribution is 0.0526. The van der Waals surface area contributed by atoms with Crippen LogP contribution in [-0.2, 0) is 11.3 Å². The summed E-state index contributed by atoms with van der Waals surface area (Å²) in [4.78, 5) is 23.0. The predicted molar refractivity (Wildman–Crippen MR) is 88.0 cm³/mol. The van der Waals surface area contributed by atoms with Crippen molar-refractivity contribution in [2.24, 2.45) is 0 Å². The number of aromatic nitrogens is 2. The van der Waals surface area contributed by atoms with E-state index in [-0.39, 0.29) is 6.61 Å². The Kier molecular flexibility index (Phi) is 4.24. The molecule has 0 aliphatic carbocycles. The van der Waals surface area contributed by atoms with Gasteiger partial charge in [-0.05, 0) is 32.9 Å². The molecule has 3 heterocycles. The number of carbonyl (C=O) groups is 1. The lowest BCUT2D eigenvalue weighted by Gasteiger charge is -2.18. The van der Waals surface area contributed by atoms with Crippen LogP contribution in [0.5, 0.6) is 0 Å². The number of aryl methyl sites for hydroxylation is 2. The molecule has 3 aromatic rings. The van der Waals surface area contributed by atoms with Crippen LogP contribution in [-0.4, -0.2) is 29.6 Å². The third-order valence-electron chi connectivity index (χ3n) is 3.63. The van der Waals surface area contributed by atoms with Gasteiger partial charge in [-0.2, -0.15) is 4.98 Å². The first-order valence-corrected chi connectivity index (χ1v) is 7.69. The first-order valence-electron chi connectivity index (χ1n) is 7.69. The van der Waals surface area contributed by atoms with Crippen molar-refractivity contribution >= 4 is 22.9 Å². The molecule has 0 fully saturated rings. The van der Waals surface area contributed by atoms with E-state index in [0.29, 0.717) is 40.6 Å². The zero-order valence-electron chi connectivity index (χ0n) is 14.1. The number of rotatable bonds is 5. The Morgan fingerprint density at radius 3 is 2.79 bits per heavy atom.